The van der Waals surface area contributed by atoms with Crippen molar-refractivity contribution in [1.29, 1.82) is 0 Å². The molecule has 0 unspecified atom stereocenters. The molecule has 8 nitrogen and oxygen atoms in total. The minimum Gasteiger partial charge on any atom is -0.497 e. The summed E-state index contributed by atoms with van der Waals surface area (Å²) < 4.78 is 5.20. The highest BCUT2D eigenvalue weighted by Gasteiger charge is 2.17. The van der Waals surface area contributed by atoms with Crippen molar-refractivity contribution in [2.45, 2.75) is 12.8 Å². The number of hydrogen-bond donors (Lipinski definition) is 2. The molecule has 168 valence electrons. The molecule has 0 aliphatic rings. The molecule has 0 spiro atoms. The van der Waals surface area contributed by atoms with Gasteiger partial charge in [0.1, 0.15) is 17.4 Å². The van der Waals surface area contributed by atoms with Crippen molar-refractivity contribution >= 4 is 22.6 Å². The van der Waals surface area contributed by atoms with Gasteiger partial charge in [0.15, 0.2) is 11.6 Å². The van der Waals surface area contributed by atoms with E-state index in [1.807, 2.05) is 36.4 Å². The maximum absolute atomic E-state index is 13.0. The predicted molar refractivity (Wildman–Crippen MR) is 127 cm³/mol. The summed E-state index contributed by atoms with van der Waals surface area (Å²) in [5.74, 6) is 1.63. The van der Waals surface area contributed by atoms with Crippen LogP contribution in [0.1, 0.15) is 32.4 Å². The van der Waals surface area contributed by atoms with Crippen molar-refractivity contribution in [3.8, 4) is 16.9 Å². The molecule has 5 rings (SSSR count). The summed E-state index contributed by atoms with van der Waals surface area (Å²) >= 11 is 0. The number of nitrogens with zero attached hydrogens (tertiary/aromatic N) is 3. The van der Waals surface area contributed by atoms with Gasteiger partial charge in [-0.1, -0.05) is 18.2 Å². The van der Waals surface area contributed by atoms with Gasteiger partial charge >= 0.3 is 0 Å². The SMILES string of the molecule is COc1ccc(-c2cncc(C(=O)Cc3nc4c(C(=O)Cc5ncc[nH]5)cccc4[nH]3)c2)cc1. The van der Waals surface area contributed by atoms with Gasteiger partial charge < -0.3 is 14.7 Å². The predicted octanol–water partition coefficient (Wildman–Crippen LogP) is 4.21. The topological polar surface area (TPSA) is 114 Å². The number of hydrogen-bond acceptors (Lipinski definition) is 6. The quantitative estimate of drug-likeness (QED) is 0.342. The molecule has 8 heteroatoms. The van der Waals surface area contributed by atoms with E-state index in [2.05, 4.69) is 24.9 Å². The van der Waals surface area contributed by atoms with Crippen LogP contribution in [-0.2, 0) is 12.8 Å². The molecule has 5 aromatic rings. The number of H-pyrrole nitrogens is 2. The van der Waals surface area contributed by atoms with Crippen molar-refractivity contribution < 1.29 is 14.3 Å². The monoisotopic (exact) mass is 451 g/mol. The van der Waals surface area contributed by atoms with Crippen LogP contribution >= 0.6 is 0 Å². The van der Waals surface area contributed by atoms with E-state index in [9.17, 15) is 9.59 Å². The van der Waals surface area contributed by atoms with Crippen LogP contribution in [0.15, 0.2) is 73.3 Å². The first-order valence-electron chi connectivity index (χ1n) is 10.7. The summed E-state index contributed by atoms with van der Waals surface area (Å²) in [6, 6.07) is 14.8. The van der Waals surface area contributed by atoms with Gasteiger partial charge in [0.25, 0.3) is 0 Å². The summed E-state index contributed by atoms with van der Waals surface area (Å²) in [5.41, 5.74) is 4.01. The van der Waals surface area contributed by atoms with Crippen LogP contribution in [0, 0.1) is 0 Å². The Morgan fingerprint density at radius 2 is 1.76 bits per heavy atom. The normalized spacial score (nSPS) is 11.0. The molecule has 2 aromatic carbocycles. The average molecular weight is 451 g/mol. The van der Waals surface area contributed by atoms with E-state index >= 15 is 0 Å². The number of aromatic amines is 2. The summed E-state index contributed by atoms with van der Waals surface area (Å²) in [5, 5.41) is 0. The van der Waals surface area contributed by atoms with Crippen LogP contribution in [0.5, 0.6) is 5.75 Å². The largest absolute Gasteiger partial charge is 0.497 e. The molecule has 3 aromatic heterocycles. The average Bonchev–Trinajstić information content (AvgIpc) is 3.53. The lowest BCUT2D eigenvalue weighted by molar-refractivity contribution is 0.0984. The number of ether oxygens (including phenoxy) is 1. The number of rotatable bonds is 8. The van der Waals surface area contributed by atoms with Gasteiger partial charge in [-0.2, -0.15) is 0 Å². The van der Waals surface area contributed by atoms with Crippen molar-refractivity contribution in [3.05, 3.63) is 96.1 Å². The van der Waals surface area contributed by atoms with Crippen LogP contribution in [0.4, 0.5) is 0 Å². The first kappa shape index (κ1) is 21.3. The summed E-state index contributed by atoms with van der Waals surface area (Å²) in [7, 11) is 1.62. The summed E-state index contributed by atoms with van der Waals surface area (Å²) in [4.78, 5) is 44.8. The van der Waals surface area contributed by atoms with E-state index < -0.39 is 0 Å². The molecule has 34 heavy (non-hydrogen) atoms. The number of carbonyl (C=O) groups is 2. The van der Waals surface area contributed by atoms with E-state index in [1.165, 1.54) is 0 Å². The van der Waals surface area contributed by atoms with Crippen molar-refractivity contribution in [1.82, 2.24) is 24.9 Å². The van der Waals surface area contributed by atoms with E-state index in [1.54, 1.807) is 44.0 Å². The molecular formula is C26H21N5O3. The van der Waals surface area contributed by atoms with Crippen molar-refractivity contribution in [2.75, 3.05) is 7.11 Å². The zero-order valence-electron chi connectivity index (χ0n) is 18.4. The number of imidazole rings is 2. The Balaban J connectivity index is 1.37. The van der Waals surface area contributed by atoms with Crippen molar-refractivity contribution in [3.63, 3.8) is 0 Å². The second kappa shape index (κ2) is 9.11. The van der Waals surface area contributed by atoms with Gasteiger partial charge in [0.2, 0.25) is 0 Å². The highest BCUT2D eigenvalue weighted by molar-refractivity contribution is 6.07. The lowest BCUT2D eigenvalue weighted by Crippen LogP contribution is -2.06. The number of methoxy groups -OCH3 is 1. The van der Waals surface area contributed by atoms with E-state index in [-0.39, 0.29) is 24.4 Å². The number of para-hydroxylation sites is 1. The van der Waals surface area contributed by atoms with E-state index in [0.29, 0.717) is 33.8 Å². The zero-order chi connectivity index (χ0) is 23.5. The number of fused-ring (bicyclic) bond motifs is 1. The standard InChI is InChI=1S/C26H21N5O3/c1-34-19-7-5-16(6-8-19)17-11-18(15-27-14-17)22(32)12-25-30-21-4-2-3-20(26(21)31-25)23(33)13-24-28-9-10-29-24/h2-11,14-15H,12-13H2,1H3,(H,28,29)(H,30,31). The lowest BCUT2D eigenvalue weighted by atomic mass is 10.0. The molecule has 0 aliphatic heterocycles. The van der Waals surface area contributed by atoms with Gasteiger partial charge in [-0.3, -0.25) is 14.6 Å². The number of pyridine rings is 1. The third kappa shape index (κ3) is 4.33. The number of ketones is 2. The first-order chi connectivity index (χ1) is 16.6. The van der Waals surface area contributed by atoms with Gasteiger partial charge in [0, 0.05) is 41.5 Å². The molecule has 0 atom stereocenters. The van der Waals surface area contributed by atoms with Gasteiger partial charge in [-0.25, -0.2) is 9.97 Å². The Morgan fingerprint density at radius 3 is 2.53 bits per heavy atom. The molecule has 0 bridgehead atoms. The minimum atomic E-state index is -0.120. The maximum atomic E-state index is 13.0. The minimum absolute atomic E-state index is 0.0637. The summed E-state index contributed by atoms with van der Waals surface area (Å²) in [6.07, 6.45) is 6.78. The van der Waals surface area contributed by atoms with Gasteiger partial charge in [0.05, 0.1) is 31.0 Å². The van der Waals surface area contributed by atoms with E-state index in [4.69, 9.17) is 4.74 Å². The molecule has 0 aliphatic carbocycles. The second-order valence-corrected chi connectivity index (χ2v) is 7.81. The molecule has 0 saturated carbocycles. The first-order valence-corrected chi connectivity index (χ1v) is 10.7. The van der Waals surface area contributed by atoms with Crippen LogP contribution < -0.4 is 4.74 Å². The van der Waals surface area contributed by atoms with Gasteiger partial charge in [-0.15, -0.1) is 0 Å². The van der Waals surface area contributed by atoms with Crippen molar-refractivity contribution in [2.24, 2.45) is 0 Å². The fourth-order valence-corrected chi connectivity index (χ4v) is 3.82. The maximum Gasteiger partial charge on any atom is 0.172 e. The Morgan fingerprint density at radius 1 is 0.941 bits per heavy atom. The smallest absolute Gasteiger partial charge is 0.172 e. The third-order valence-electron chi connectivity index (χ3n) is 5.56. The van der Waals surface area contributed by atoms with Crippen LogP contribution in [0.3, 0.4) is 0 Å². The third-order valence-corrected chi connectivity index (χ3v) is 5.56. The zero-order valence-corrected chi connectivity index (χ0v) is 18.4. The number of benzene rings is 2. The van der Waals surface area contributed by atoms with Crippen LogP contribution in [0.2, 0.25) is 0 Å². The molecule has 0 saturated heterocycles. The molecule has 0 radical (unpaired) electrons. The second-order valence-electron chi connectivity index (χ2n) is 7.81. The number of aromatic nitrogens is 5. The Kier molecular flexibility index (Phi) is 5.70. The highest BCUT2D eigenvalue weighted by Crippen LogP contribution is 2.23. The Bertz CT molecular complexity index is 1470. The molecule has 2 N–H and O–H groups in total. The number of nitrogens with one attached hydrogen (secondary N) is 2. The fourth-order valence-electron chi connectivity index (χ4n) is 3.82. The number of Topliss-reactive ketones (excluding diaryl/α,β-unsaturated/α-hetero) is 2. The molecular weight excluding hydrogens is 430 g/mol. The number of carbonyl (C=O) groups excluding carboxylic acids is 2. The molecule has 3 heterocycles. The van der Waals surface area contributed by atoms with E-state index in [0.717, 1.165) is 16.9 Å². The Labute approximate surface area is 195 Å². The fraction of sp³-hybridized carbons (Fsp3) is 0.115. The molecule has 0 amide bonds. The van der Waals surface area contributed by atoms with Crippen LogP contribution in [-0.4, -0.2) is 43.6 Å². The van der Waals surface area contributed by atoms with Gasteiger partial charge in [-0.05, 0) is 35.9 Å². The molecule has 0 fully saturated rings. The van der Waals surface area contributed by atoms with Crippen LogP contribution in [0.25, 0.3) is 22.2 Å². The lowest BCUT2D eigenvalue weighted by Gasteiger charge is -2.05. The Hall–Kier alpha value is -4.59. The highest BCUT2D eigenvalue weighted by atomic mass is 16.5. The summed E-state index contributed by atoms with van der Waals surface area (Å²) in [6.45, 7) is 0.